The van der Waals surface area contributed by atoms with Crippen LogP contribution >= 0.6 is 0 Å². The molecule has 3 aromatic heterocycles. The summed E-state index contributed by atoms with van der Waals surface area (Å²) in [5.41, 5.74) is 4.67. The number of aryl methyl sites for hydroxylation is 2. The molecule has 0 saturated heterocycles. The van der Waals surface area contributed by atoms with E-state index in [1.807, 2.05) is 69.6 Å². The maximum Gasteiger partial charge on any atom is 0.439 e. The average Bonchev–Trinajstić information content (AvgIpc) is 3.61. The molecule has 0 saturated carbocycles. The third-order valence-electron chi connectivity index (χ3n) is 6.72. The maximum atomic E-state index is 13.8. The Labute approximate surface area is 230 Å². The maximum absolute atomic E-state index is 13.8. The van der Waals surface area contributed by atoms with E-state index in [0.29, 0.717) is 41.9 Å². The standard InChI is InChI=1S/C29H31N7O4/c1-5-6-11-24-30-18(2)23(16-25-31-28(34-39-25)35(3)4)27(37)36(24)17-19-12-14-20(15-13-19)21-9-7-8-10-22(21)26-32-29(38)40-33-26/h7-10,12-15H,5-6,11,16-17H2,1-4H3,(H,32,33,38). The number of hydrogen-bond donors (Lipinski definition) is 1. The zero-order valence-electron chi connectivity index (χ0n) is 23.0. The molecule has 0 bridgehead atoms. The van der Waals surface area contributed by atoms with Crippen molar-refractivity contribution in [1.29, 1.82) is 0 Å². The molecule has 11 nitrogen and oxygen atoms in total. The minimum absolute atomic E-state index is 0.104. The fraction of sp³-hybridized carbons (Fsp3) is 0.310. The van der Waals surface area contributed by atoms with E-state index < -0.39 is 5.76 Å². The summed E-state index contributed by atoms with van der Waals surface area (Å²) in [5.74, 6) is 1.35. The Balaban J connectivity index is 1.47. The number of rotatable bonds is 10. The van der Waals surface area contributed by atoms with Crippen molar-refractivity contribution in [2.75, 3.05) is 19.0 Å². The number of nitrogens with zero attached hydrogens (tertiary/aromatic N) is 6. The van der Waals surface area contributed by atoms with Crippen LogP contribution in [-0.2, 0) is 19.4 Å². The third kappa shape index (κ3) is 5.63. The zero-order valence-corrected chi connectivity index (χ0v) is 23.0. The highest BCUT2D eigenvalue weighted by molar-refractivity contribution is 5.80. The summed E-state index contributed by atoms with van der Waals surface area (Å²) in [6.45, 7) is 4.35. The van der Waals surface area contributed by atoms with Crippen molar-refractivity contribution in [2.45, 2.75) is 46.1 Å². The second-order valence-corrected chi connectivity index (χ2v) is 9.83. The molecule has 206 valence electrons. The number of H-pyrrole nitrogens is 1. The summed E-state index contributed by atoms with van der Waals surface area (Å²) in [6, 6.07) is 15.6. The van der Waals surface area contributed by atoms with Gasteiger partial charge in [0, 0.05) is 37.3 Å². The third-order valence-corrected chi connectivity index (χ3v) is 6.72. The van der Waals surface area contributed by atoms with E-state index in [0.717, 1.165) is 40.9 Å². The fourth-order valence-corrected chi connectivity index (χ4v) is 4.56. The number of anilines is 1. The van der Waals surface area contributed by atoms with E-state index in [2.05, 4.69) is 27.2 Å². The van der Waals surface area contributed by atoms with Gasteiger partial charge in [0.1, 0.15) is 5.82 Å². The first-order chi connectivity index (χ1) is 19.3. The van der Waals surface area contributed by atoms with Crippen molar-refractivity contribution in [3.05, 3.63) is 98.0 Å². The van der Waals surface area contributed by atoms with Crippen molar-refractivity contribution in [3.63, 3.8) is 0 Å². The number of benzene rings is 2. The predicted molar refractivity (Wildman–Crippen MR) is 150 cm³/mol. The monoisotopic (exact) mass is 541 g/mol. The van der Waals surface area contributed by atoms with Crippen LogP contribution in [-0.4, -0.2) is 43.9 Å². The van der Waals surface area contributed by atoms with E-state index in [1.165, 1.54) is 0 Å². The highest BCUT2D eigenvalue weighted by Gasteiger charge is 2.19. The van der Waals surface area contributed by atoms with Crippen LogP contribution in [0.25, 0.3) is 22.5 Å². The van der Waals surface area contributed by atoms with Gasteiger partial charge in [0.05, 0.1) is 13.0 Å². The Morgan fingerprint density at radius 2 is 1.70 bits per heavy atom. The quantitative estimate of drug-likeness (QED) is 0.278. The first-order valence-corrected chi connectivity index (χ1v) is 13.2. The highest BCUT2D eigenvalue weighted by atomic mass is 16.5. The van der Waals surface area contributed by atoms with E-state index in [1.54, 1.807) is 9.47 Å². The van der Waals surface area contributed by atoms with Crippen molar-refractivity contribution in [2.24, 2.45) is 0 Å². The molecular formula is C29H31N7O4. The molecular weight excluding hydrogens is 510 g/mol. The Kier molecular flexibility index (Phi) is 7.72. The Morgan fingerprint density at radius 3 is 2.35 bits per heavy atom. The van der Waals surface area contributed by atoms with E-state index in [-0.39, 0.29) is 12.0 Å². The van der Waals surface area contributed by atoms with Crippen molar-refractivity contribution >= 4 is 5.95 Å². The van der Waals surface area contributed by atoms with E-state index in [9.17, 15) is 9.59 Å². The smallest absolute Gasteiger partial charge is 0.344 e. The van der Waals surface area contributed by atoms with Crippen LogP contribution < -0.4 is 16.2 Å². The molecule has 0 aliphatic rings. The van der Waals surface area contributed by atoms with Crippen LogP contribution in [0.3, 0.4) is 0 Å². The average molecular weight is 542 g/mol. The van der Waals surface area contributed by atoms with Gasteiger partial charge in [0.2, 0.25) is 5.89 Å². The van der Waals surface area contributed by atoms with Crippen molar-refractivity contribution in [1.82, 2.24) is 29.8 Å². The van der Waals surface area contributed by atoms with Gasteiger partial charge in [-0.25, -0.2) is 9.78 Å². The first-order valence-electron chi connectivity index (χ1n) is 13.2. The SMILES string of the molecule is CCCCc1nc(C)c(Cc2nc(N(C)C)no2)c(=O)n1Cc1ccc(-c2ccccc2-c2noc(=O)[nH]2)cc1. The van der Waals surface area contributed by atoms with Gasteiger partial charge in [-0.15, -0.1) is 0 Å². The molecule has 0 aliphatic carbocycles. The van der Waals surface area contributed by atoms with Gasteiger partial charge in [-0.3, -0.25) is 18.9 Å². The van der Waals surface area contributed by atoms with Crippen molar-refractivity contribution in [3.8, 4) is 22.5 Å². The summed E-state index contributed by atoms with van der Waals surface area (Å²) >= 11 is 0. The topological polar surface area (TPSA) is 136 Å². The van der Waals surface area contributed by atoms with Gasteiger partial charge < -0.3 is 9.42 Å². The number of aromatic amines is 1. The summed E-state index contributed by atoms with van der Waals surface area (Å²) in [4.78, 5) is 38.9. The van der Waals surface area contributed by atoms with E-state index in [4.69, 9.17) is 14.0 Å². The molecule has 0 radical (unpaired) electrons. The minimum atomic E-state index is -0.604. The van der Waals surface area contributed by atoms with Crippen LogP contribution in [0.15, 0.2) is 67.2 Å². The van der Waals surface area contributed by atoms with Crippen LogP contribution in [0.2, 0.25) is 0 Å². The van der Waals surface area contributed by atoms with Crippen LogP contribution in [0.4, 0.5) is 5.95 Å². The minimum Gasteiger partial charge on any atom is -0.344 e. The number of hydrogen-bond acceptors (Lipinski definition) is 9. The fourth-order valence-electron chi connectivity index (χ4n) is 4.56. The van der Waals surface area contributed by atoms with Gasteiger partial charge in [-0.05, 0) is 35.2 Å². The van der Waals surface area contributed by atoms with Gasteiger partial charge in [-0.2, -0.15) is 4.98 Å². The molecule has 5 aromatic rings. The summed E-state index contributed by atoms with van der Waals surface area (Å²) in [7, 11) is 3.66. The number of unbranched alkanes of at least 4 members (excludes halogenated alkanes) is 1. The van der Waals surface area contributed by atoms with Gasteiger partial charge >= 0.3 is 5.76 Å². The van der Waals surface area contributed by atoms with Gasteiger partial charge in [-0.1, -0.05) is 67.0 Å². The lowest BCUT2D eigenvalue weighted by atomic mass is 9.98. The zero-order chi connectivity index (χ0) is 28.2. The molecule has 0 fully saturated rings. The van der Waals surface area contributed by atoms with Gasteiger partial charge in [0.25, 0.3) is 11.5 Å². The second kappa shape index (κ2) is 11.5. The largest absolute Gasteiger partial charge is 0.439 e. The molecule has 0 atom stereocenters. The van der Waals surface area contributed by atoms with Crippen LogP contribution in [0.5, 0.6) is 0 Å². The van der Waals surface area contributed by atoms with Gasteiger partial charge in [0.15, 0.2) is 5.82 Å². The molecule has 5 rings (SSSR count). The normalized spacial score (nSPS) is 11.2. The molecule has 2 aromatic carbocycles. The molecule has 0 unspecified atom stereocenters. The van der Waals surface area contributed by atoms with Crippen LogP contribution in [0.1, 0.15) is 48.3 Å². The molecule has 11 heteroatoms. The number of nitrogens with one attached hydrogen (secondary N) is 1. The lowest BCUT2D eigenvalue weighted by Gasteiger charge is -2.16. The highest BCUT2D eigenvalue weighted by Crippen LogP contribution is 2.30. The lowest BCUT2D eigenvalue weighted by Crippen LogP contribution is -2.30. The molecule has 40 heavy (non-hydrogen) atoms. The number of aromatic nitrogens is 6. The molecule has 0 spiro atoms. The summed E-state index contributed by atoms with van der Waals surface area (Å²) in [6.07, 6.45) is 2.85. The Morgan fingerprint density at radius 1 is 0.950 bits per heavy atom. The van der Waals surface area contributed by atoms with E-state index >= 15 is 0 Å². The lowest BCUT2D eigenvalue weighted by molar-refractivity contribution is 0.384. The molecule has 0 amide bonds. The predicted octanol–water partition coefficient (Wildman–Crippen LogP) is 3.99. The summed E-state index contributed by atoms with van der Waals surface area (Å²) in [5, 5.41) is 7.80. The van der Waals surface area contributed by atoms with Crippen molar-refractivity contribution < 1.29 is 9.05 Å². The second-order valence-electron chi connectivity index (χ2n) is 9.83. The Bertz CT molecular complexity index is 1730. The summed E-state index contributed by atoms with van der Waals surface area (Å²) < 4.78 is 11.8. The molecule has 0 aliphatic heterocycles. The molecule has 1 N–H and O–H groups in total. The molecule has 3 heterocycles. The Hall–Kier alpha value is -4.80. The first kappa shape index (κ1) is 26.8. The van der Waals surface area contributed by atoms with Crippen LogP contribution in [0, 0.1) is 6.92 Å².